The number of carboxylic acid groups (broad SMARTS) is 1. The Kier molecular flexibility index (Phi) is 3.76. The normalized spacial score (nSPS) is 10.6. The number of hydrogen-bond acceptors (Lipinski definition) is 5. The lowest BCUT2D eigenvalue weighted by Gasteiger charge is -2.03. The summed E-state index contributed by atoms with van der Waals surface area (Å²) in [4.78, 5) is 22.2. The van der Waals surface area contributed by atoms with Crippen LogP contribution in [-0.4, -0.2) is 27.9 Å². The Morgan fingerprint density at radius 3 is 3.05 bits per heavy atom. The fraction of sp³-hybridized carbons (Fsp3) is 0.250. The molecule has 0 amide bonds. The Hall–Kier alpha value is -2.41. The molecule has 100 valence electrons. The van der Waals surface area contributed by atoms with Gasteiger partial charge in [0.05, 0.1) is 6.54 Å². The van der Waals surface area contributed by atoms with Gasteiger partial charge in [-0.3, -0.25) is 4.79 Å². The van der Waals surface area contributed by atoms with Crippen molar-refractivity contribution in [3.8, 4) is 0 Å². The standard InChI is InChI=1S/C12H12N2O5/c1-18-7-9-4-8(13-19-9)5-14-3-2-11(15)10(6-14)12(16)17/h2-4,6H,5,7H2,1H3,(H,16,17). The molecule has 0 atom stereocenters. The summed E-state index contributed by atoms with van der Waals surface area (Å²) in [6.45, 7) is 0.630. The predicted octanol–water partition coefficient (Wildman–Crippen LogP) is 0.729. The summed E-state index contributed by atoms with van der Waals surface area (Å²) in [6, 6.07) is 2.92. The fourth-order valence-corrected chi connectivity index (χ4v) is 1.61. The van der Waals surface area contributed by atoms with Crippen molar-refractivity contribution in [2.24, 2.45) is 0 Å². The summed E-state index contributed by atoms with van der Waals surface area (Å²) in [5.74, 6) is -0.670. The molecular weight excluding hydrogens is 252 g/mol. The molecule has 0 aliphatic heterocycles. The Bertz CT molecular complexity index is 644. The van der Waals surface area contributed by atoms with E-state index in [9.17, 15) is 9.59 Å². The van der Waals surface area contributed by atoms with Crippen molar-refractivity contribution >= 4 is 5.97 Å². The lowest BCUT2D eigenvalue weighted by atomic mass is 10.2. The first-order valence-corrected chi connectivity index (χ1v) is 5.47. The van der Waals surface area contributed by atoms with Crippen LogP contribution in [0.5, 0.6) is 0 Å². The number of nitrogens with zero attached hydrogens (tertiary/aromatic N) is 2. The number of hydrogen-bond donors (Lipinski definition) is 1. The monoisotopic (exact) mass is 264 g/mol. The summed E-state index contributed by atoms with van der Waals surface area (Å²) in [6.07, 6.45) is 2.77. The van der Waals surface area contributed by atoms with Crippen LogP contribution >= 0.6 is 0 Å². The first-order valence-electron chi connectivity index (χ1n) is 5.47. The first kappa shape index (κ1) is 13.0. The molecule has 2 heterocycles. The fourth-order valence-electron chi connectivity index (χ4n) is 1.61. The van der Waals surface area contributed by atoms with Crippen LogP contribution in [0.1, 0.15) is 21.8 Å². The molecule has 7 nitrogen and oxygen atoms in total. The number of rotatable bonds is 5. The Labute approximate surface area is 108 Å². The van der Waals surface area contributed by atoms with E-state index < -0.39 is 11.4 Å². The number of ether oxygens (including phenoxy) is 1. The van der Waals surface area contributed by atoms with Crippen molar-refractivity contribution < 1.29 is 19.2 Å². The van der Waals surface area contributed by atoms with Gasteiger partial charge in [0.1, 0.15) is 17.9 Å². The molecule has 1 N–H and O–H groups in total. The number of carbonyl (C=O) groups is 1. The minimum atomic E-state index is -1.25. The van der Waals surface area contributed by atoms with Crippen LogP contribution in [0.3, 0.4) is 0 Å². The maximum atomic E-state index is 11.3. The van der Waals surface area contributed by atoms with Crippen LogP contribution < -0.4 is 5.43 Å². The van der Waals surface area contributed by atoms with Crippen molar-refractivity contribution in [2.45, 2.75) is 13.2 Å². The second-order valence-electron chi connectivity index (χ2n) is 3.92. The van der Waals surface area contributed by atoms with Gasteiger partial charge < -0.3 is 18.9 Å². The smallest absolute Gasteiger partial charge is 0.341 e. The Morgan fingerprint density at radius 2 is 2.37 bits per heavy atom. The first-order chi connectivity index (χ1) is 9.10. The molecule has 0 unspecified atom stereocenters. The van der Waals surface area contributed by atoms with Crippen molar-refractivity contribution in [3.63, 3.8) is 0 Å². The van der Waals surface area contributed by atoms with E-state index in [2.05, 4.69) is 5.16 Å². The molecule has 0 spiro atoms. The quantitative estimate of drug-likeness (QED) is 0.855. The van der Waals surface area contributed by atoms with E-state index in [4.69, 9.17) is 14.4 Å². The van der Waals surface area contributed by atoms with Gasteiger partial charge in [-0.1, -0.05) is 5.16 Å². The van der Waals surface area contributed by atoms with Gasteiger partial charge in [0, 0.05) is 31.6 Å². The third kappa shape index (κ3) is 3.08. The summed E-state index contributed by atoms with van der Waals surface area (Å²) >= 11 is 0. The lowest BCUT2D eigenvalue weighted by molar-refractivity contribution is 0.0694. The second kappa shape index (κ2) is 5.49. The van der Waals surface area contributed by atoms with Crippen LogP contribution in [0.15, 0.2) is 33.8 Å². The average Bonchev–Trinajstić information content (AvgIpc) is 2.79. The molecule has 2 aromatic rings. The lowest BCUT2D eigenvalue weighted by Crippen LogP contribution is -2.16. The van der Waals surface area contributed by atoms with E-state index in [0.29, 0.717) is 24.6 Å². The third-order valence-electron chi connectivity index (χ3n) is 2.45. The maximum Gasteiger partial charge on any atom is 0.341 e. The predicted molar refractivity (Wildman–Crippen MR) is 64.0 cm³/mol. The molecule has 0 saturated heterocycles. The molecule has 2 rings (SSSR count). The van der Waals surface area contributed by atoms with Crippen LogP contribution in [-0.2, 0) is 17.9 Å². The van der Waals surface area contributed by atoms with Gasteiger partial charge in [-0.2, -0.15) is 0 Å². The average molecular weight is 264 g/mol. The van der Waals surface area contributed by atoms with E-state index in [-0.39, 0.29) is 5.56 Å². The molecule has 2 aromatic heterocycles. The van der Waals surface area contributed by atoms with Gasteiger partial charge in [0.25, 0.3) is 0 Å². The molecule has 19 heavy (non-hydrogen) atoms. The van der Waals surface area contributed by atoms with Gasteiger partial charge in [-0.05, 0) is 0 Å². The highest BCUT2D eigenvalue weighted by atomic mass is 16.5. The Balaban J connectivity index is 2.20. The van der Waals surface area contributed by atoms with Gasteiger partial charge in [0.2, 0.25) is 0 Å². The molecule has 0 aromatic carbocycles. The van der Waals surface area contributed by atoms with Crippen molar-refractivity contribution in [1.82, 2.24) is 9.72 Å². The topological polar surface area (TPSA) is 94.6 Å². The zero-order valence-electron chi connectivity index (χ0n) is 10.2. The van der Waals surface area contributed by atoms with Gasteiger partial charge in [-0.15, -0.1) is 0 Å². The summed E-state index contributed by atoms with van der Waals surface area (Å²) in [5.41, 5.74) is -0.181. The van der Waals surface area contributed by atoms with Gasteiger partial charge in [0.15, 0.2) is 11.2 Å². The molecule has 7 heteroatoms. The molecule has 0 radical (unpaired) electrons. The Morgan fingerprint density at radius 1 is 1.58 bits per heavy atom. The number of carboxylic acids is 1. The molecule has 0 aliphatic rings. The molecule has 0 fully saturated rings. The number of aromatic nitrogens is 2. The molecular formula is C12H12N2O5. The summed E-state index contributed by atoms with van der Waals surface area (Å²) in [5, 5.41) is 12.7. The highest BCUT2D eigenvalue weighted by Gasteiger charge is 2.09. The highest BCUT2D eigenvalue weighted by Crippen LogP contribution is 2.06. The highest BCUT2D eigenvalue weighted by molar-refractivity contribution is 5.86. The minimum Gasteiger partial charge on any atom is -0.477 e. The van der Waals surface area contributed by atoms with E-state index >= 15 is 0 Å². The second-order valence-corrected chi connectivity index (χ2v) is 3.92. The summed E-state index contributed by atoms with van der Waals surface area (Å²) in [7, 11) is 1.54. The van der Waals surface area contributed by atoms with Crippen molar-refractivity contribution in [2.75, 3.05) is 7.11 Å². The number of aromatic carboxylic acids is 1. The molecule has 0 saturated carbocycles. The van der Waals surface area contributed by atoms with Crippen molar-refractivity contribution in [1.29, 1.82) is 0 Å². The molecule has 0 bridgehead atoms. The minimum absolute atomic E-state index is 0.275. The van der Waals surface area contributed by atoms with E-state index in [1.165, 1.54) is 18.5 Å². The SMILES string of the molecule is COCc1cc(Cn2ccc(=O)c(C(=O)O)c2)no1. The number of methoxy groups -OCH3 is 1. The van der Waals surface area contributed by atoms with Crippen LogP contribution in [0, 0.1) is 0 Å². The van der Waals surface area contributed by atoms with Crippen LogP contribution in [0.25, 0.3) is 0 Å². The third-order valence-corrected chi connectivity index (χ3v) is 2.45. The van der Waals surface area contributed by atoms with E-state index in [1.54, 1.807) is 17.7 Å². The zero-order valence-corrected chi connectivity index (χ0v) is 10.2. The maximum absolute atomic E-state index is 11.3. The largest absolute Gasteiger partial charge is 0.477 e. The van der Waals surface area contributed by atoms with Gasteiger partial charge >= 0.3 is 5.97 Å². The van der Waals surface area contributed by atoms with Crippen LogP contribution in [0.2, 0.25) is 0 Å². The van der Waals surface area contributed by atoms with Gasteiger partial charge in [-0.25, -0.2) is 4.79 Å². The van der Waals surface area contributed by atoms with E-state index in [0.717, 1.165) is 0 Å². The van der Waals surface area contributed by atoms with E-state index in [1.807, 2.05) is 0 Å². The summed E-state index contributed by atoms with van der Waals surface area (Å²) < 4.78 is 11.5. The zero-order chi connectivity index (χ0) is 13.8. The molecule has 0 aliphatic carbocycles. The number of pyridine rings is 1. The van der Waals surface area contributed by atoms with Crippen LogP contribution in [0.4, 0.5) is 0 Å². The van der Waals surface area contributed by atoms with Crippen molar-refractivity contribution in [3.05, 3.63) is 51.8 Å².